The minimum absolute atomic E-state index is 0.0917. The molecule has 30 heavy (non-hydrogen) atoms. The number of methoxy groups -OCH3 is 1. The Morgan fingerprint density at radius 1 is 1.03 bits per heavy atom. The number of benzene rings is 2. The first-order valence-electron chi connectivity index (χ1n) is 10.3. The van der Waals surface area contributed by atoms with Gasteiger partial charge in [0, 0.05) is 18.8 Å². The Hall–Kier alpha value is -2.83. The molecule has 6 nitrogen and oxygen atoms in total. The number of aryl methyl sites for hydroxylation is 1. The number of aliphatic hydroxyl groups is 2. The highest BCUT2D eigenvalue weighted by Gasteiger charge is 2.18. The highest BCUT2D eigenvalue weighted by Crippen LogP contribution is 2.40. The Morgan fingerprint density at radius 3 is 2.43 bits per heavy atom. The van der Waals surface area contributed by atoms with Crippen LogP contribution in [-0.2, 0) is 19.8 Å². The lowest BCUT2D eigenvalue weighted by Crippen LogP contribution is -2.18. The lowest BCUT2D eigenvalue weighted by Gasteiger charge is -2.19. The van der Waals surface area contributed by atoms with E-state index in [4.69, 9.17) is 9.47 Å². The lowest BCUT2D eigenvalue weighted by molar-refractivity contribution is 0.260. The number of aliphatic hydroxyl groups excluding tert-OH is 2. The van der Waals surface area contributed by atoms with E-state index in [0.717, 1.165) is 29.2 Å². The molecule has 0 atom stereocenters. The second-order valence-corrected chi connectivity index (χ2v) is 7.16. The molecular weight excluding hydrogens is 382 g/mol. The van der Waals surface area contributed by atoms with Gasteiger partial charge in [-0.15, -0.1) is 0 Å². The van der Waals surface area contributed by atoms with Crippen LogP contribution in [0.15, 0.2) is 41.3 Å². The maximum Gasteiger partial charge on any atom is 0.251 e. The van der Waals surface area contributed by atoms with Crippen molar-refractivity contribution in [3.05, 3.63) is 58.0 Å². The number of unbranched alkanes of at least 4 members (excludes halogenated alkanes) is 1. The molecule has 160 valence electrons. The van der Waals surface area contributed by atoms with Crippen LogP contribution in [0.2, 0.25) is 0 Å². The molecule has 0 fully saturated rings. The van der Waals surface area contributed by atoms with E-state index >= 15 is 0 Å². The quantitative estimate of drug-likeness (QED) is 0.559. The van der Waals surface area contributed by atoms with Crippen LogP contribution in [0.25, 0.3) is 21.9 Å². The van der Waals surface area contributed by atoms with Gasteiger partial charge in [-0.3, -0.25) is 4.79 Å². The van der Waals surface area contributed by atoms with E-state index in [1.165, 1.54) is 0 Å². The van der Waals surface area contributed by atoms with Crippen LogP contribution < -0.4 is 15.0 Å². The standard InChI is InChI=1S/C24H29NO5/c1-4-6-8-25-9-7-16(12-23(25)28)24-19-13-22(30-5-2)21(29-3)11-17(19)10-18(14-26)20(24)15-27/h7,9-13,26-27H,4-6,8,14-15H2,1-3H3. The number of ether oxygens (including phenoxy) is 2. The molecule has 1 aromatic heterocycles. The summed E-state index contributed by atoms with van der Waals surface area (Å²) in [5.74, 6) is 1.18. The van der Waals surface area contributed by atoms with Crippen molar-refractivity contribution in [1.29, 1.82) is 0 Å². The van der Waals surface area contributed by atoms with Crippen LogP contribution >= 0.6 is 0 Å². The van der Waals surface area contributed by atoms with Crippen molar-refractivity contribution >= 4 is 10.8 Å². The van der Waals surface area contributed by atoms with Gasteiger partial charge in [-0.2, -0.15) is 0 Å². The van der Waals surface area contributed by atoms with Crippen molar-refractivity contribution in [2.24, 2.45) is 0 Å². The topological polar surface area (TPSA) is 80.9 Å². The van der Waals surface area contributed by atoms with E-state index < -0.39 is 0 Å². The van der Waals surface area contributed by atoms with Gasteiger partial charge < -0.3 is 24.3 Å². The number of fused-ring (bicyclic) bond motifs is 1. The van der Waals surface area contributed by atoms with Crippen LogP contribution in [0, 0.1) is 0 Å². The molecule has 3 rings (SSSR count). The first-order valence-corrected chi connectivity index (χ1v) is 10.3. The Balaban J connectivity index is 2.31. The first kappa shape index (κ1) is 21.9. The average Bonchev–Trinajstić information content (AvgIpc) is 2.76. The van der Waals surface area contributed by atoms with E-state index in [9.17, 15) is 15.0 Å². The van der Waals surface area contributed by atoms with E-state index in [2.05, 4.69) is 6.92 Å². The fraction of sp³-hybridized carbons (Fsp3) is 0.375. The highest BCUT2D eigenvalue weighted by molar-refractivity contribution is 6.00. The molecule has 0 spiro atoms. The maximum absolute atomic E-state index is 12.7. The molecule has 0 saturated carbocycles. The summed E-state index contributed by atoms with van der Waals surface area (Å²) in [6.07, 6.45) is 3.73. The number of hydrogen-bond acceptors (Lipinski definition) is 5. The van der Waals surface area contributed by atoms with Crippen molar-refractivity contribution in [2.75, 3.05) is 13.7 Å². The largest absolute Gasteiger partial charge is 0.493 e. The fourth-order valence-corrected chi connectivity index (χ4v) is 3.77. The summed E-state index contributed by atoms with van der Waals surface area (Å²) >= 11 is 0. The molecule has 0 unspecified atom stereocenters. The van der Waals surface area contributed by atoms with E-state index in [-0.39, 0.29) is 18.8 Å². The summed E-state index contributed by atoms with van der Waals surface area (Å²) in [5.41, 5.74) is 2.54. The third kappa shape index (κ3) is 4.20. The monoisotopic (exact) mass is 411 g/mol. The minimum atomic E-state index is -0.254. The molecule has 6 heteroatoms. The number of hydrogen-bond donors (Lipinski definition) is 2. The predicted octanol–water partition coefficient (Wildman–Crippen LogP) is 3.86. The predicted molar refractivity (Wildman–Crippen MR) is 118 cm³/mol. The van der Waals surface area contributed by atoms with Gasteiger partial charge in [-0.1, -0.05) is 13.3 Å². The van der Waals surface area contributed by atoms with Crippen molar-refractivity contribution in [2.45, 2.75) is 46.4 Å². The zero-order chi connectivity index (χ0) is 21.7. The molecular formula is C24H29NO5. The lowest BCUT2D eigenvalue weighted by atomic mass is 9.90. The van der Waals surface area contributed by atoms with Gasteiger partial charge in [-0.05, 0) is 70.6 Å². The van der Waals surface area contributed by atoms with Crippen molar-refractivity contribution < 1.29 is 19.7 Å². The van der Waals surface area contributed by atoms with Crippen molar-refractivity contribution in [1.82, 2.24) is 4.57 Å². The van der Waals surface area contributed by atoms with Crippen LogP contribution in [-0.4, -0.2) is 28.5 Å². The summed E-state index contributed by atoms with van der Waals surface area (Å²) in [6.45, 7) is 4.66. The first-order chi connectivity index (χ1) is 14.6. The summed E-state index contributed by atoms with van der Waals surface area (Å²) in [5, 5.41) is 21.7. The normalized spacial score (nSPS) is 11.1. The maximum atomic E-state index is 12.7. The van der Waals surface area contributed by atoms with Gasteiger partial charge in [-0.25, -0.2) is 0 Å². The summed E-state index contributed by atoms with van der Waals surface area (Å²) in [6, 6.07) is 9.04. The summed E-state index contributed by atoms with van der Waals surface area (Å²) < 4.78 is 12.9. The minimum Gasteiger partial charge on any atom is -0.493 e. The van der Waals surface area contributed by atoms with Crippen molar-refractivity contribution in [3.63, 3.8) is 0 Å². The fourth-order valence-electron chi connectivity index (χ4n) is 3.77. The molecule has 0 bridgehead atoms. The molecule has 0 saturated heterocycles. The molecule has 0 radical (unpaired) electrons. The van der Waals surface area contributed by atoms with Gasteiger partial charge in [0.15, 0.2) is 11.5 Å². The Labute approximate surface area is 176 Å². The number of rotatable bonds is 9. The molecule has 1 heterocycles. The zero-order valence-corrected chi connectivity index (χ0v) is 17.8. The van der Waals surface area contributed by atoms with E-state index in [1.54, 1.807) is 23.9 Å². The van der Waals surface area contributed by atoms with E-state index in [0.29, 0.717) is 41.3 Å². The van der Waals surface area contributed by atoms with E-state index in [1.807, 2.05) is 31.2 Å². The highest BCUT2D eigenvalue weighted by atomic mass is 16.5. The average molecular weight is 411 g/mol. The summed E-state index contributed by atoms with van der Waals surface area (Å²) in [4.78, 5) is 12.7. The summed E-state index contributed by atoms with van der Waals surface area (Å²) in [7, 11) is 1.58. The Kier molecular flexibility index (Phi) is 7.13. The number of aromatic nitrogens is 1. The third-order valence-corrected chi connectivity index (χ3v) is 5.29. The van der Waals surface area contributed by atoms with Crippen LogP contribution in [0.5, 0.6) is 11.5 Å². The zero-order valence-electron chi connectivity index (χ0n) is 17.8. The molecule has 0 aliphatic carbocycles. The van der Waals surface area contributed by atoms with Crippen LogP contribution in [0.3, 0.4) is 0 Å². The van der Waals surface area contributed by atoms with Gasteiger partial charge in [0.05, 0.1) is 26.9 Å². The van der Waals surface area contributed by atoms with Gasteiger partial charge in [0.1, 0.15) is 0 Å². The Bertz CT molecular complexity index is 1090. The number of nitrogens with zero attached hydrogens (tertiary/aromatic N) is 1. The SMILES string of the molecule is CCCCn1ccc(-c2c(CO)c(CO)cc3cc(OC)c(OCC)cc23)cc1=O. The number of pyridine rings is 1. The van der Waals surface area contributed by atoms with Gasteiger partial charge in [0.2, 0.25) is 0 Å². The second-order valence-electron chi connectivity index (χ2n) is 7.16. The molecule has 2 N–H and O–H groups in total. The second kappa shape index (κ2) is 9.78. The third-order valence-electron chi connectivity index (χ3n) is 5.29. The Morgan fingerprint density at radius 2 is 1.83 bits per heavy atom. The smallest absolute Gasteiger partial charge is 0.251 e. The van der Waals surface area contributed by atoms with Crippen LogP contribution in [0.1, 0.15) is 37.8 Å². The van der Waals surface area contributed by atoms with Crippen molar-refractivity contribution in [3.8, 4) is 22.6 Å². The molecule has 0 amide bonds. The van der Waals surface area contributed by atoms with Gasteiger partial charge in [0.25, 0.3) is 5.56 Å². The molecule has 2 aromatic carbocycles. The van der Waals surface area contributed by atoms with Crippen LogP contribution in [0.4, 0.5) is 0 Å². The molecule has 3 aromatic rings. The molecule has 0 aliphatic heterocycles. The van der Waals surface area contributed by atoms with Gasteiger partial charge >= 0.3 is 0 Å². The molecule has 0 aliphatic rings.